The number of halogens is 2. The van der Waals surface area contributed by atoms with Gasteiger partial charge in [-0.3, -0.25) is 0 Å². The van der Waals surface area contributed by atoms with E-state index in [2.05, 4.69) is 9.97 Å². The van der Waals surface area contributed by atoms with Gasteiger partial charge in [-0.05, 0) is 6.92 Å². The van der Waals surface area contributed by atoms with E-state index >= 15 is 0 Å². The van der Waals surface area contributed by atoms with Crippen LogP contribution < -0.4 is 0 Å². The van der Waals surface area contributed by atoms with E-state index in [0.717, 1.165) is 0 Å². The van der Waals surface area contributed by atoms with Crippen molar-refractivity contribution >= 4 is 29.2 Å². The molecule has 1 rings (SSSR count). The van der Waals surface area contributed by atoms with E-state index in [9.17, 15) is 4.79 Å². The van der Waals surface area contributed by atoms with Crippen LogP contribution in [0.15, 0.2) is 6.20 Å². The van der Waals surface area contributed by atoms with Gasteiger partial charge in [-0.2, -0.15) is 0 Å². The fourth-order valence-electron chi connectivity index (χ4n) is 0.805. The fraction of sp³-hybridized carbons (Fsp3) is 0.375. The molecule has 0 spiro atoms. The zero-order valence-electron chi connectivity index (χ0n) is 7.46. The lowest BCUT2D eigenvalue weighted by atomic mass is 10.3. The average molecular weight is 235 g/mol. The molecule has 0 bridgehead atoms. The van der Waals surface area contributed by atoms with Crippen LogP contribution in [0, 0.1) is 0 Å². The number of hydrogen-bond acceptors (Lipinski definition) is 4. The zero-order chi connectivity index (χ0) is 10.6. The summed E-state index contributed by atoms with van der Waals surface area (Å²) in [5.41, 5.74) is 0.155. The number of carbonyl (C=O) groups excluding carboxylic acids is 1. The van der Waals surface area contributed by atoms with Gasteiger partial charge in [-0.1, -0.05) is 11.6 Å². The zero-order valence-corrected chi connectivity index (χ0v) is 8.97. The second kappa shape index (κ2) is 5.12. The van der Waals surface area contributed by atoms with E-state index in [1.165, 1.54) is 6.20 Å². The van der Waals surface area contributed by atoms with Crippen molar-refractivity contribution in [3.8, 4) is 0 Å². The quantitative estimate of drug-likeness (QED) is 0.457. The molecule has 0 aliphatic rings. The summed E-state index contributed by atoms with van der Waals surface area (Å²) in [6.45, 7) is 1.99. The Morgan fingerprint density at radius 1 is 1.64 bits per heavy atom. The molecule has 76 valence electrons. The molecule has 0 saturated carbocycles. The molecule has 0 aliphatic heterocycles. The van der Waals surface area contributed by atoms with Crippen LogP contribution in [-0.2, 0) is 10.6 Å². The molecule has 0 radical (unpaired) electrons. The van der Waals surface area contributed by atoms with Crippen LogP contribution in [0.1, 0.15) is 23.1 Å². The predicted octanol–water partition coefficient (Wildman–Crippen LogP) is 2.05. The maximum absolute atomic E-state index is 11.2. The van der Waals surface area contributed by atoms with Crippen LogP contribution in [0.2, 0.25) is 5.15 Å². The van der Waals surface area contributed by atoms with E-state index in [0.29, 0.717) is 5.82 Å². The van der Waals surface area contributed by atoms with Gasteiger partial charge < -0.3 is 4.74 Å². The van der Waals surface area contributed by atoms with Crippen molar-refractivity contribution in [1.29, 1.82) is 0 Å². The molecule has 0 N–H and O–H groups in total. The highest BCUT2D eigenvalue weighted by atomic mass is 35.5. The molecule has 14 heavy (non-hydrogen) atoms. The highest BCUT2D eigenvalue weighted by molar-refractivity contribution is 6.32. The summed E-state index contributed by atoms with van der Waals surface area (Å²) in [6, 6.07) is 0. The number of nitrogens with zero attached hydrogens (tertiary/aromatic N) is 2. The van der Waals surface area contributed by atoms with Crippen LogP contribution in [0.4, 0.5) is 0 Å². The van der Waals surface area contributed by atoms with Crippen molar-refractivity contribution in [2.24, 2.45) is 0 Å². The minimum Gasteiger partial charge on any atom is -0.462 e. The lowest BCUT2D eigenvalue weighted by Crippen LogP contribution is -2.08. The van der Waals surface area contributed by atoms with Gasteiger partial charge in [0, 0.05) is 6.20 Å². The number of carbonyl (C=O) groups is 1. The third kappa shape index (κ3) is 2.56. The van der Waals surface area contributed by atoms with Gasteiger partial charge in [0.25, 0.3) is 0 Å². The Kier molecular flexibility index (Phi) is 4.10. The van der Waals surface area contributed by atoms with E-state index in [4.69, 9.17) is 27.9 Å². The van der Waals surface area contributed by atoms with Gasteiger partial charge in [-0.25, -0.2) is 14.8 Å². The van der Waals surface area contributed by atoms with Crippen LogP contribution in [-0.4, -0.2) is 22.5 Å². The lowest BCUT2D eigenvalue weighted by molar-refractivity contribution is 0.0525. The molecule has 4 nitrogen and oxygen atoms in total. The summed E-state index contributed by atoms with van der Waals surface area (Å²) >= 11 is 11.2. The molecule has 1 aromatic rings. The summed E-state index contributed by atoms with van der Waals surface area (Å²) in [4.78, 5) is 18.9. The molecule has 1 aromatic heterocycles. The molecule has 0 saturated heterocycles. The third-order valence-electron chi connectivity index (χ3n) is 1.41. The Labute approximate surface area is 91.2 Å². The maximum atomic E-state index is 11.2. The van der Waals surface area contributed by atoms with E-state index in [1.54, 1.807) is 6.92 Å². The Morgan fingerprint density at radius 2 is 2.36 bits per heavy atom. The normalized spacial score (nSPS) is 9.93. The molecule has 0 aromatic carbocycles. The Morgan fingerprint density at radius 3 is 2.86 bits per heavy atom. The fourth-order valence-corrected chi connectivity index (χ4v) is 1.16. The summed E-state index contributed by atoms with van der Waals surface area (Å²) in [6.07, 6.45) is 1.31. The first-order valence-corrected chi connectivity index (χ1v) is 4.84. The van der Waals surface area contributed by atoms with Gasteiger partial charge in [0.1, 0.15) is 16.5 Å². The number of aromatic nitrogens is 2. The molecule has 0 atom stereocenters. The van der Waals surface area contributed by atoms with Gasteiger partial charge in [-0.15, -0.1) is 11.6 Å². The molecular weight excluding hydrogens is 227 g/mol. The smallest absolute Gasteiger partial charge is 0.342 e. The first-order chi connectivity index (χ1) is 6.69. The van der Waals surface area contributed by atoms with E-state index in [-0.39, 0.29) is 23.2 Å². The van der Waals surface area contributed by atoms with E-state index in [1.807, 2.05) is 0 Å². The minimum atomic E-state index is -0.529. The minimum absolute atomic E-state index is 0.0640. The maximum Gasteiger partial charge on any atom is 0.342 e. The molecule has 1 heterocycles. The van der Waals surface area contributed by atoms with Gasteiger partial charge in [0.15, 0.2) is 0 Å². The molecule has 0 amide bonds. The second-order valence-electron chi connectivity index (χ2n) is 2.34. The lowest BCUT2D eigenvalue weighted by Gasteiger charge is -2.03. The van der Waals surface area contributed by atoms with Crippen LogP contribution in [0.25, 0.3) is 0 Å². The number of alkyl halides is 1. The summed E-state index contributed by atoms with van der Waals surface area (Å²) in [7, 11) is 0. The number of esters is 1. The SMILES string of the molecule is CCOC(=O)c1cnc(CCl)nc1Cl. The third-order valence-corrected chi connectivity index (χ3v) is 1.93. The largest absolute Gasteiger partial charge is 0.462 e. The highest BCUT2D eigenvalue weighted by Gasteiger charge is 2.13. The predicted molar refractivity (Wildman–Crippen MR) is 52.6 cm³/mol. The summed E-state index contributed by atoms with van der Waals surface area (Å²) in [5, 5.41) is 0.0640. The van der Waals surface area contributed by atoms with E-state index < -0.39 is 5.97 Å². The average Bonchev–Trinajstić information content (AvgIpc) is 2.17. The van der Waals surface area contributed by atoms with Crippen molar-refractivity contribution in [1.82, 2.24) is 9.97 Å². The number of rotatable bonds is 3. The van der Waals surface area contributed by atoms with Crippen molar-refractivity contribution < 1.29 is 9.53 Å². The Balaban J connectivity index is 2.94. The summed E-state index contributed by atoms with van der Waals surface area (Å²) < 4.78 is 4.75. The highest BCUT2D eigenvalue weighted by Crippen LogP contribution is 2.13. The molecule has 6 heteroatoms. The topological polar surface area (TPSA) is 52.1 Å². The van der Waals surface area contributed by atoms with Crippen molar-refractivity contribution in [3.05, 3.63) is 22.7 Å². The van der Waals surface area contributed by atoms with Gasteiger partial charge in [0.2, 0.25) is 0 Å². The first kappa shape index (κ1) is 11.2. The monoisotopic (exact) mass is 234 g/mol. The standard InChI is InChI=1S/C8H8Cl2N2O2/c1-2-14-8(13)5-4-11-6(3-9)12-7(5)10/h4H,2-3H2,1H3. The Hall–Kier alpha value is -0.870. The van der Waals surface area contributed by atoms with Crippen LogP contribution >= 0.6 is 23.2 Å². The van der Waals surface area contributed by atoms with Gasteiger partial charge in [0.05, 0.1) is 12.5 Å². The second-order valence-corrected chi connectivity index (χ2v) is 2.97. The number of hydrogen-bond donors (Lipinski definition) is 0. The number of ether oxygens (including phenoxy) is 1. The van der Waals surface area contributed by atoms with Gasteiger partial charge >= 0.3 is 5.97 Å². The molecule has 0 unspecified atom stereocenters. The van der Waals surface area contributed by atoms with Crippen molar-refractivity contribution in [3.63, 3.8) is 0 Å². The van der Waals surface area contributed by atoms with Crippen molar-refractivity contribution in [2.45, 2.75) is 12.8 Å². The molecule has 0 aliphatic carbocycles. The molecular formula is C8H8Cl2N2O2. The first-order valence-electron chi connectivity index (χ1n) is 3.93. The van der Waals surface area contributed by atoms with Crippen LogP contribution in [0.5, 0.6) is 0 Å². The molecule has 0 fully saturated rings. The van der Waals surface area contributed by atoms with Crippen molar-refractivity contribution in [2.75, 3.05) is 6.61 Å². The van der Waals surface area contributed by atoms with Crippen LogP contribution in [0.3, 0.4) is 0 Å². The Bertz CT molecular complexity index is 344. The summed E-state index contributed by atoms with van der Waals surface area (Å²) in [5.74, 6) is 0.00589.